The van der Waals surface area contributed by atoms with E-state index in [1.807, 2.05) is 41.6 Å². The van der Waals surface area contributed by atoms with Crippen molar-refractivity contribution in [1.29, 1.82) is 0 Å². The SMILES string of the molecule is Cc1noc(C)c1-c1cccc(C[C@@H]2CCN(C(=O)CCn3ccnc3)C2)n1. The maximum absolute atomic E-state index is 12.5. The zero-order valence-corrected chi connectivity index (χ0v) is 16.3. The Morgan fingerprint density at radius 2 is 2.21 bits per heavy atom. The van der Waals surface area contributed by atoms with Crippen LogP contribution < -0.4 is 0 Å². The molecule has 0 radical (unpaired) electrons. The van der Waals surface area contributed by atoms with Crippen molar-refractivity contribution in [1.82, 2.24) is 24.6 Å². The Bertz CT molecular complexity index is 928. The van der Waals surface area contributed by atoms with E-state index in [0.29, 0.717) is 18.9 Å². The van der Waals surface area contributed by atoms with E-state index in [9.17, 15) is 4.79 Å². The summed E-state index contributed by atoms with van der Waals surface area (Å²) in [6.07, 6.45) is 7.79. The molecule has 4 heterocycles. The number of amides is 1. The number of imidazole rings is 1. The van der Waals surface area contributed by atoms with E-state index in [-0.39, 0.29) is 5.91 Å². The van der Waals surface area contributed by atoms with Crippen LogP contribution in [0, 0.1) is 19.8 Å². The molecule has 7 nitrogen and oxygen atoms in total. The summed E-state index contributed by atoms with van der Waals surface area (Å²) >= 11 is 0. The standard InChI is InChI=1S/C21H25N5O2/c1-15-21(16(2)28-24-15)19-5-3-4-18(23-19)12-17-6-10-26(13-17)20(27)7-9-25-11-8-22-14-25/h3-5,8,11,14,17H,6-7,9-10,12-13H2,1-2H3/t17-/m0/s1. The van der Waals surface area contributed by atoms with Crippen LogP contribution >= 0.6 is 0 Å². The van der Waals surface area contributed by atoms with Crippen LogP contribution in [0.2, 0.25) is 0 Å². The summed E-state index contributed by atoms with van der Waals surface area (Å²) in [6, 6.07) is 6.09. The third-order valence-corrected chi connectivity index (χ3v) is 5.38. The topological polar surface area (TPSA) is 77.0 Å². The van der Waals surface area contributed by atoms with Gasteiger partial charge in [-0.15, -0.1) is 0 Å². The number of hydrogen-bond acceptors (Lipinski definition) is 5. The molecule has 0 bridgehead atoms. The summed E-state index contributed by atoms with van der Waals surface area (Å²) in [6.45, 7) is 6.16. The van der Waals surface area contributed by atoms with Gasteiger partial charge in [-0.1, -0.05) is 11.2 Å². The van der Waals surface area contributed by atoms with Gasteiger partial charge < -0.3 is 14.0 Å². The number of hydrogen-bond donors (Lipinski definition) is 0. The lowest BCUT2D eigenvalue weighted by Crippen LogP contribution is -2.29. The zero-order valence-electron chi connectivity index (χ0n) is 16.3. The highest BCUT2D eigenvalue weighted by molar-refractivity contribution is 5.76. The number of aromatic nitrogens is 4. The first-order chi connectivity index (χ1) is 13.6. The van der Waals surface area contributed by atoms with Gasteiger partial charge in [0.1, 0.15) is 5.76 Å². The number of aryl methyl sites for hydroxylation is 3. The zero-order chi connectivity index (χ0) is 19.5. The third kappa shape index (κ3) is 3.98. The fourth-order valence-electron chi connectivity index (χ4n) is 3.90. The van der Waals surface area contributed by atoms with Crippen molar-refractivity contribution in [2.45, 2.75) is 39.7 Å². The maximum Gasteiger partial charge on any atom is 0.224 e. The van der Waals surface area contributed by atoms with E-state index >= 15 is 0 Å². The molecule has 0 saturated carbocycles. The molecule has 7 heteroatoms. The van der Waals surface area contributed by atoms with Crippen LogP contribution in [-0.2, 0) is 17.8 Å². The number of carbonyl (C=O) groups is 1. The molecular formula is C21H25N5O2. The second kappa shape index (κ2) is 7.96. The van der Waals surface area contributed by atoms with Crippen molar-refractivity contribution >= 4 is 5.91 Å². The monoisotopic (exact) mass is 379 g/mol. The molecule has 28 heavy (non-hydrogen) atoms. The lowest BCUT2D eigenvalue weighted by molar-refractivity contribution is -0.130. The molecule has 1 aliphatic rings. The number of rotatable bonds is 6. The quantitative estimate of drug-likeness (QED) is 0.658. The van der Waals surface area contributed by atoms with E-state index in [1.54, 1.807) is 12.5 Å². The molecule has 0 aliphatic carbocycles. The van der Waals surface area contributed by atoms with Gasteiger partial charge in [-0.05, 0) is 44.7 Å². The highest BCUT2D eigenvalue weighted by Gasteiger charge is 2.26. The molecular weight excluding hydrogens is 354 g/mol. The Hall–Kier alpha value is -2.96. The Morgan fingerprint density at radius 1 is 1.32 bits per heavy atom. The Balaban J connectivity index is 1.35. The van der Waals surface area contributed by atoms with Gasteiger partial charge in [-0.2, -0.15) is 0 Å². The fraction of sp³-hybridized carbons (Fsp3) is 0.429. The minimum Gasteiger partial charge on any atom is -0.361 e. The molecule has 1 saturated heterocycles. The van der Waals surface area contributed by atoms with Gasteiger partial charge >= 0.3 is 0 Å². The molecule has 1 atom stereocenters. The highest BCUT2D eigenvalue weighted by atomic mass is 16.5. The summed E-state index contributed by atoms with van der Waals surface area (Å²) in [4.78, 5) is 23.3. The van der Waals surface area contributed by atoms with Crippen LogP contribution in [0.4, 0.5) is 0 Å². The van der Waals surface area contributed by atoms with Crippen molar-refractivity contribution in [2.24, 2.45) is 5.92 Å². The number of likely N-dealkylation sites (tertiary alicyclic amines) is 1. The average Bonchev–Trinajstić information content (AvgIpc) is 3.42. The molecule has 1 amide bonds. The predicted octanol–water partition coefficient (Wildman–Crippen LogP) is 3.03. The van der Waals surface area contributed by atoms with Crippen LogP contribution in [0.5, 0.6) is 0 Å². The van der Waals surface area contributed by atoms with Crippen LogP contribution in [0.15, 0.2) is 41.4 Å². The molecule has 0 unspecified atom stereocenters. The first-order valence-corrected chi connectivity index (χ1v) is 9.73. The van der Waals surface area contributed by atoms with Crippen molar-refractivity contribution < 1.29 is 9.32 Å². The van der Waals surface area contributed by atoms with E-state index in [2.05, 4.69) is 16.2 Å². The highest BCUT2D eigenvalue weighted by Crippen LogP contribution is 2.26. The van der Waals surface area contributed by atoms with Crippen molar-refractivity contribution in [3.8, 4) is 11.3 Å². The molecule has 146 valence electrons. The maximum atomic E-state index is 12.5. The minimum absolute atomic E-state index is 0.216. The second-order valence-electron chi connectivity index (χ2n) is 7.46. The van der Waals surface area contributed by atoms with Gasteiger partial charge in [0.15, 0.2) is 0 Å². The molecule has 1 fully saturated rings. The number of carbonyl (C=O) groups excluding carboxylic acids is 1. The van der Waals surface area contributed by atoms with Gasteiger partial charge in [0.05, 0.1) is 23.3 Å². The fourth-order valence-corrected chi connectivity index (χ4v) is 3.90. The molecule has 3 aromatic rings. The normalized spacial score (nSPS) is 16.6. The average molecular weight is 379 g/mol. The first kappa shape index (κ1) is 18.4. The lowest BCUT2D eigenvalue weighted by Gasteiger charge is -2.17. The summed E-state index contributed by atoms with van der Waals surface area (Å²) in [7, 11) is 0. The van der Waals surface area contributed by atoms with Gasteiger partial charge in [0.25, 0.3) is 0 Å². The van der Waals surface area contributed by atoms with Gasteiger partial charge in [-0.3, -0.25) is 9.78 Å². The van der Waals surface area contributed by atoms with Crippen LogP contribution in [-0.4, -0.2) is 43.6 Å². The summed E-state index contributed by atoms with van der Waals surface area (Å²) in [5.41, 5.74) is 3.79. The lowest BCUT2D eigenvalue weighted by atomic mass is 10.0. The van der Waals surface area contributed by atoms with E-state index in [1.165, 1.54) is 0 Å². The summed E-state index contributed by atoms with van der Waals surface area (Å²) in [5, 5.41) is 4.03. The van der Waals surface area contributed by atoms with E-state index in [0.717, 1.165) is 54.3 Å². The molecule has 3 aromatic heterocycles. The third-order valence-electron chi connectivity index (χ3n) is 5.38. The van der Waals surface area contributed by atoms with Crippen LogP contribution in [0.3, 0.4) is 0 Å². The minimum atomic E-state index is 0.216. The smallest absolute Gasteiger partial charge is 0.224 e. The largest absolute Gasteiger partial charge is 0.361 e. The van der Waals surface area contributed by atoms with Gasteiger partial charge in [0, 0.05) is 44.1 Å². The Morgan fingerprint density at radius 3 is 2.96 bits per heavy atom. The van der Waals surface area contributed by atoms with Crippen LogP contribution in [0.25, 0.3) is 11.3 Å². The molecule has 0 N–H and O–H groups in total. The molecule has 0 aromatic carbocycles. The summed E-state index contributed by atoms with van der Waals surface area (Å²) < 4.78 is 7.21. The van der Waals surface area contributed by atoms with Gasteiger partial charge in [0.2, 0.25) is 5.91 Å². The Kier molecular flexibility index (Phi) is 5.23. The second-order valence-corrected chi connectivity index (χ2v) is 7.46. The van der Waals surface area contributed by atoms with Gasteiger partial charge in [-0.25, -0.2) is 4.98 Å². The van der Waals surface area contributed by atoms with Crippen LogP contribution in [0.1, 0.15) is 30.0 Å². The van der Waals surface area contributed by atoms with Crippen molar-refractivity contribution in [2.75, 3.05) is 13.1 Å². The van der Waals surface area contributed by atoms with Crippen molar-refractivity contribution in [3.05, 3.63) is 54.1 Å². The van der Waals surface area contributed by atoms with E-state index < -0.39 is 0 Å². The van der Waals surface area contributed by atoms with Crippen molar-refractivity contribution in [3.63, 3.8) is 0 Å². The molecule has 1 aliphatic heterocycles. The summed E-state index contributed by atoms with van der Waals surface area (Å²) in [5.74, 6) is 1.45. The molecule has 0 spiro atoms. The van der Waals surface area contributed by atoms with E-state index in [4.69, 9.17) is 9.51 Å². The number of pyridine rings is 1. The molecule has 4 rings (SSSR count). The first-order valence-electron chi connectivity index (χ1n) is 9.73. The number of nitrogens with zero attached hydrogens (tertiary/aromatic N) is 5. The predicted molar refractivity (Wildman–Crippen MR) is 104 cm³/mol. The Labute approximate surface area is 164 Å².